The Morgan fingerprint density at radius 2 is 1.94 bits per heavy atom. The highest BCUT2D eigenvalue weighted by molar-refractivity contribution is 5.85. The molecule has 0 saturated carbocycles. The fourth-order valence-corrected chi connectivity index (χ4v) is 1.60. The first-order chi connectivity index (χ1) is 7.02. The van der Waals surface area contributed by atoms with Crippen LogP contribution in [-0.2, 0) is 0 Å². The summed E-state index contributed by atoms with van der Waals surface area (Å²) in [5.74, 6) is 0.430. The summed E-state index contributed by atoms with van der Waals surface area (Å²) in [6, 6.07) is 6.40. The molecule has 0 aromatic heterocycles. The average Bonchev–Trinajstić information content (AvgIpc) is 2.16. The standard InChI is InChI=1S/C11H16N2O2.ClH/c1-8(2)7-10(12)9-5-3-4-6-11(9)13(14)15;/h3-6,8,10H,7,12H2,1-2H3;1H/t10-;/m0./s1. The van der Waals surface area contributed by atoms with Crippen LogP contribution >= 0.6 is 12.4 Å². The van der Waals surface area contributed by atoms with Gasteiger partial charge in [0, 0.05) is 17.7 Å². The van der Waals surface area contributed by atoms with E-state index in [1.54, 1.807) is 18.2 Å². The molecule has 0 spiro atoms. The Hall–Kier alpha value is -1.13. The minimum absolute atomic E-state index is 0. The molecule has 0 aliphatic rings. The lowest BCUT2D eigenvalue weighted by molar-refractivity contribution is -0.385. The normalized spacial score (nSPS) is 12.0. The van der Waals surface area contributed by atoms with Gasteiger partial charge in [-0.3, -0.25) is 10.1 Å². The van der Waals surface area contributed by atoms with E-state index in [2.05, 4.69) is 13.8 Å². The van der Waals surface area contributed by atoms with Gasteiger partial charge in [-0.05, 0) is 12.3 Å². The van der Waals surface area contributed by atoms with E-state index in [1.165, 1.54) is 6.07 Å². The Bertz CT molecular complexity index is 356. The number of nitrogens with zero attached hydrogens (tertiary/aromatic N) is 1. The van der Waals surface area contributed by atoms with Crippen LogP contribution < -0.4 is 5.73 Å². The molecule has 0 heterocycles. The summed E-state index contributed by atoms with van der Waals surface area (Å²) in [5, 5.41) is 10.8. The third-order valence-electron chi connectivity index (χ3n) is 2.26. The van der Waals surface area contributed by atoms with Crippen molar-refractivity contribution in [1.29, 1.82) is 0 Å². The highest BCUT2D eigenvalue weighted by Gasteiger charge is 2.18. The van der Waals surface area contributed by atoms with Crippen molar-refractivity contribution >= 4 is 18.1 Å². The molecule has 1 aromatic rings. The molecule has 16 heavy (non-hydrogen) atoms. The third kappa shape index (κ3) is 3.79. The van der Waals surface area contributed by atoms with Crippen LogP contribution in [0.1, 0.15) is 31.9 Å². The molecule has 4 nitrogen and oxygen atoms in total. The summed E-state index contributed by atoms with van der Waals surface area (Å²) >= 11 is 0. The maximum Gasteiger partial charge on any atom is 0.274 e. The second-order valence-corrected chi connectivity index (χ2v) is 4.05. The fraction of sp³-hybridized carbons (Fsp3) is 0.455. The molecule has 0 unspecified atom stereocenters. The molecular formula is C11H17ClN2O2. The Morgan fingerprint density at radius 1 is 1.38 bits per heavy atom. The van der Waals surface area contributed by atoms with Gasteiger partial charge in [-0.1, -0.05) is 32.0 Å². The molecule has 1 aromatic carbocycles. The molecule has 1 atom stereocenters. The Balaban J connectivity index is 0.00000225. The molecule has 0 saturated heterocycles. The molecule has 0 aliphatic heterocycles. The van der Waals surface area contributed by atoms with Gasteiger partial charge < -0.3 is 5.73 Å². The molecule has 0 bridgehead atoms. The summed E-state index contributed by atoms with van der Waals surface area (Å²) in [6.45, 7) is 4.10. The first-order valence-electron chi connectivity index (χ1n) is 5.01. The van der Waals surface area contributed by atoms with Crippen LogP contribution in [0.4, 0.5) is 5.69 Å². The minimum Gasteiger partial charge on any atom is -0.324 e. The quantitative estimate of drug-likeness (QED) is 0.654. The zero-order valence-electron chi connectivity index (χ0n) is 9.42. The molecule has 90 valence electrons. The van der Waals surface area contributed by atoms with Gasteiger partial charge in [0.05, 0.1) is 4.92 Å². The van der Waals surface area contributed by atoms with Gasteiger partial charge in [0.1, 0.15) is 0 Å². The zero-order valence-corrected chi connectivity index (χ0v) is 10.2. The summed E-state index contributed by atoms with van der Waals surface area (Å²) in [4.78, 5) is 10.4. The average molecular weight is 245 g/mol. The van der Waals surface area contributed by atoms with Crippen LogP contribution in [0.15, 0.2) is 24.3 Å². The molecule has 5 heteroatoms. The number of hydrogen-bond acceptors (Lipinski definition) is 3. The van der Waals surface area contributed by atoms with E-state index in [4.69, 9.17) is 5.73 Å². The van der Waals surface area contributed by atoms with Gasteiger partial charge in [0.25, 0.3) is 5.69 Å². The summed E-state index contributed by atoms with van der Waals surface area (Å²) in [7, 11) is 0. The monoisotopic (exact) mass is 244 g/mol. The van der Waals surface area contributed by atoms with Crippen molar-refractivity contribution in [2.75, 3.05) is 0 Å². The van der Waals surface area contributed by atoms with Crippen molar-refractivity contribution in [3.05, 3.63) is 39.9 Å². The number of halogens is 1. The predicted molar refractivity (Wildman–Crippen MR) is 66.7 cm³/mol. The largest absolute Gasteiger partial charge is 0.324 e. The van der Waals surface area contributed by atoms with Crippen LogP contribution in [0.25, 0.3) is 0 Å². The van der Waals surface area contributed by atoms with Crippen LogP contribution in [-0.4, -0.2) is 4.92 Å². The van der Waals surface area contributed by atoms with Gasteiger partial charge in [0.15, 0.2) is 0 Å². The second-order valence-electron chi connectivity index (χ2n) is 4.05. The Kier molecular flexibility index (Phi) is 6.00. The lowest BCUT2D eigenvalue weighted by atomic mass is 9.97. The van der Waals surface area contributed by atoms with Crippen molar-refractivity contribution in [1.82, 2.24) is 0 Å². The molecule has 0 amide bonds. The summed E-state index contributed by atoms with van der Waals surface area (Å²) in [6.07, 6.45) is 0.755. The van der Waals surface area contributed by atoms with Gasteiger partial charge in [0.2, 0.25) is 0 Å². The molecule has 1 rings (SSSR count). The third-order valence-corrected chi connectivity index (χ3v) is 2.26. The van der Waals surface area contributed by atoms with E-state index in [0.29, 0.717) is 11.5 Å². The van der Waals surface area contributed by atoms with Gasteiger partial charge in [-0.2, -0.15) is 0 Å². The molecule has 0 aliphatic carbocycles. The van der Waals surface area contributed by atoms with Crippen molar-refractivity contribution < 1.29 is 4.92 Å². The van der Waals surface area contributed by atoms with E-state index < -0.39 is 0 Å². The van der Waals surface area contributed by atoms with Gasteiger partial charge in [-0.15, -0.1) is 12.4 Å². The summed E-state index contributed by atoms with van der Waals surface area (Å²) in [5.41, 5.74) is 6.67. The van der Waals surface area contributed by atoms with Crippen LogP contribution in [0.5, 0.6) is 0 Å². The number of nitrogens with two attached hydrogens (primary N) is 1. The predicted octanol–water partition coefficient (Wildman–Crippen LogP) is 3.06. The lowest BCUT2D eigenvalue weighted by Gasteiger charge is -2.14. The number of benzene rings is 1. The first kappa shape index (κ1) is 14.9. The summed E-state index contributed by atoms with van der Waals surface area (Å²) < 4.78 is 0. The van der Waals surface area contributed by atoms with Gasteiger partial charge in [-0.25, -0.2) is 0 Å². The van der Waals surface area contributed by atoms with Crippen molar-refractivity contribution in [2.24, 2.45) is 11.7 Å². The maximum atomic E-state index is 10.8. The van der Waals surface area contributed by atoms with Crippen LogP contribution in [0.2, 0.25) is 0 Å². The highest BCUT2D eigenvalue weighted by Crippen LogP contribution is 2.27. The first-order valence-corrected chi connectivity index (χ1v) is 5.01. The molecule has 0 fully saturated rings. The second kappa shape index (κ2) is 6.45. The van der Waals surface area contributed by atoms with Crippen molar-refractivity contribution in [2.45, 2.75) is 26.3 Å². The number of nitro benzene ring substituents is 1. The minimum atomic E-state index is -0.379. The van der Waals surface area contributed by atoms with Gasteiger partial charge >= 0.3 is 0 Å². The number of para-hydroxylation sites is 1. The maximum absolute atomic E-state index is 10.8. The van der Waals surface area contributed by atoms with Crippen LogP contribution in [0, 0.1) is 16.0 Å². The van der Waals surface area contributed by atoms with E-state index in [-0.39, 0.29) is 29.1 Å². The lowest BCUT2D eigenvalue weighted by Crippen LogP contribution is -2.14. The Morgan fingerprint density at radius 3 is 2.44 bits per heavy atom. The molecule has 0 radical (unpaired) electrons. The van der Waals surface area contributed by atoms with Crippen molar-refractivity contribution in [3.63, 3.8) is 0 Å². The molecular weight excluding hydrogens is 228 g/mol. The Labute approximate surface area is 101 Å². The number of nitro groups is 1. The van der Waals surface area contributed by atoms with E-state index >= 15 is 0 Å². The van der Waals surface area contributed by atoms with Crippen molar-refractivity contribution in [3.8, 4) is 0 Å². The number of rotatable bonds is 4. The number of hydrogen-bond donors (Lipinski definition) is 1. The SMILES string of the molecule is CC(C)C[C@H](N)c1ccccc1[N+](=O)[O-].Cl. The smallest absolute Gasteiger partial charge is 0.274 e. The highest BCUT2D eigenvalue weighted by atomic mass is 35.5. The molecule has 2 N–H and O–H groups in total. The fourth-order valence-electron chi connectivity index (χ4n) is 1.60. The topological polar surface area (TPSA) is 69.2 Å². The van der Waals surface area contributed by atoms with E-state index in [0.717, 1.165) is 6.42 Å². The zero-order chi connectivity index (χ0) is 11.4. The van der Waals surface area contributed by atoms with Crippen LogP contribution in [0.3, 0.4) is 0 Å². The van der Waals surface area contributed by atoms with E-state index in [9.17, 15) is 10.1 Å². The van der Waals surface area contributed by atoms with E-state index in [1.807, 2.05) is 0 Å².